The van der Waals surface area contributed by atoms with Crippen LogP contribution in [0.15, 0.2) is 97.1 Å². The van der Waals surface area contributed by atoms with Crippen LogP contribution in [0.4, 0.5) is 0 Å². The molecule has 0 saturated heterocycles. The van der Waals surface area contributed by atoms with Crippen molar-refractivity contribution in [2.24, 2.45) is 7.05 Å². The molecule has 190 valence electrons. The van der Waals surface area contributed by atoms with E-state index in [1.807, 2.05) is 84.5 Å². The lowest BCUT2D eigenvalue weighted by molar-refractivity contribution is 0.268. The minimum Gasteiger partial charge on any atom is -0.473 e. The molecular formula is C32H30N4O2. The minimum atomic E-state index is 0.403. The van der Waals surface area contributed by atoms with Crippen molar-refractivity contribution in [3.8, 4) is 23.0 Å². The van der Waals surface area contributed by atoms with Gasteiger partial charge >= 0.3 is 0 Å². The van der Waals surface area contributed by atoms with E-state index in [0.717, 1.165) is 52.8 Å². The van der Waals surface area contributed by atoms with Crippen molar-refractivity contribution in [1.82, 2.24) is 20.1 Å². The first kappa shape index (κ1) is 23.9. The number of fused-ring (bicyclic) bond motifs is 1. The second kappa shape index (κ2) is 10.9. The summed E-state index contributed by atoms with van der Waals surface area (Å²) in [5.74, 6) is 1.02. The number of hydrogen-bond donors (Lipinski definition) is 1. The largest absolute Gasteiger partial charge is 0.473 e. The van der Waals surface area contributed by atoms with Gasteiger partial charge in [0, 0.05) is 25.0 Å². The Hall–Kier alpha value is -4.42. The second-order valence-electron chi connectivity index (χ2n) is 9.44. The number of aryl methyl sites for hydroxylation is 1. The van der Waals surface area contributed by atoms with Crippen LogP contribution in [0.2, 0.25) is 0 Å². The summed E-state index contributed by atoms with van der Waals surface area (Å²) in [7, 11) is 1.99. The highest BCUT2D eigenvalue weighted by atomic mass is 16.5. The highest BCUT2D eigenvalue weighted by molar-refractivity contribution is 5.96. The molecule has 1 N–H and O–H groups in total. The van der Waals surface area contributed by atoms with Crippen LogP contribution in [0.25, 0.3) is 27.7 Å². The van der Waals surface area contributed by atoms with Crippen LogP contribution in [0, 0.1) is 0 Å². The van der Waals surface area contributed by atoms with Gasteiger partial charge in [0.25, 0.3) is 0 Å². The third kappa shape index (κ3) is 5.17. The fourth-order valence-electron chi connectivity index (χ4n) is 4.79. The van der Waals surface area contributed by atoms with Gasteiger partial charge in [-0.05, 0) is 53.4 Å². The Bertz CT molecular complexity index is 1580. The van der Waals surface area contributed by atoms with E-state index in [1.54, 1.807) is 0 Å². The van der Waals surface area contributed by atoms with Crippen LogP contribution in [0.5, 0.6) is 11.8 Å². The summed E-state index contributed by atoms with van der Waals surface area (Å²) >= 11 is 0. The molecule has 2 aromatic heterocycles. The standard InChI is InChI=1S/C32H30N4O2/c1-36-29-20-26(25-16-18-33-19-17-25)12-13-27(29)31(35-36)28-14-15-30(37-21-23-8-4-2-5-9-23)34-32(28)38-22-24-10-6-3-7-11-24/h2-16,20,33H,17-19,21-22H2,1H3. The Morgan fingerprint density at radius 1 is 0.842 bits per heavy atom. The Balaban J connectivity index is 1.35. The van der Waals surface area contributed by atoms with Crippen LogP contribution >= 0.6 is 0 Å². The van der Waals surface area contributed by atoms with Crippen LogP contribution in [0.3, 0.4) is 0 Å². The van der Waals surface area contributed by atoms with Crippen molar-refractivity contribution in [3.05, 3.63) is 114 Å². The maximum atomic E-state index is 6.29. The van der Waals surface area contributed by atoms with Gasteiger partial charge in [0.05, 0.1) is 11.1 Å². The summed E-state index contributed by atoms with van der Waals surface area (Å²) in [6, 6.07) is 30.7. The molecule has 0 aliphatic carbocycles. The number of benzene rings is 3. The molecule has 0 atom stereocenters. The number of nitrogens with zero attached hydrogens (tertiary/aromatic N) is 3. The number of ether oxygens (including phenoxy) is 2. The monoisotopic (exact) mass is 502 g/mol. The summed E-state index contributed by atoms with van der Waals surface area (Å²) in [4.78, 5) is 4.78. The maximum absolute atomic E-state index is 6.29. The van der Waals surface area contributed by atoms with Crippen molar-refractivity contribution >= 4 is 16.5 Å². The highest BCUT2D eigenvalue weighted by Crippen LogP contribution is 2.36. The van der Waals surface area contributed by atoms with Crippen LogP contribution in [0.1, 0.15) is 23.1 Å². The molecule has 3 aromatic carbocycles. The first-order chi connectivity index (χ1) is 18.7. The Morgan fingerprint density at radius 3 is 2.29 bits per heavy atom. The molecule has 0 unspecified atom stereocenters. The first-order valence-corrected chi connectivity index (χ1v) is 13.0. The van der Waals surface area contributed by atoms with Crippen molar-refractivity contribution < 1.29 is 9.47 Å². The van der Waals surface area contributed by atoms with Gasteiger partial charge < -0.3 is 14.8 Å². The summed E-state index contributed by atoms with van der Waals surface area (Å²) in [5, 5.41) is 9.36. The summed E-state index contributed by atoms with van der Waals surface area (Å²) in [6.07, 6.45) is 3.30. The smallest absolute Gasteiger partial charge is 0.226 e. The minimum absolute atomic E-state index is 0.403. The topological polar surface area (TPSA) is 61.2 Å². The molecule has 0 fully saturated rings. The average molecular weight is 503 g/mol. The fourth-order valence-corrected chi connectivity index (χ4v) is 4.79. The van der Waals surface area contributed by atoms with Crippen molar-refractivity contribution in [3.63, 3.8) is 0 Å². The molecule has 3 heterocycles. The third-order valence-corrected chi connectivity index (χ3v) is 6.82. The fraction of sp³-hybridized carbons (Fsp3) is 0.188. The second-order valence-corrected chi connectivity index (χ2v) is 9.44. The van der Waals surface area contributed by atoms with Gasteiger partial charge in [0.1, 0.15) is 18.9 Å². The molecule has 0 amide bonds. The van der Waals surface area contributed by atoms with Gasteiger partial charge in [-0.1, -0.05) is 72.8 Å². The van der Waals surface area contributed by atoms with Gasteiger partial charge in [-0.25, -0.2) is 0 Å². The molecule has 0 bridgehead atoms. The quantitative estimate of drug-likeness (QED) is 0.275. The van der Waals surface area contributed by atoms with E-state index >= 15 is 0 Å². The maximum Gasteiger partial charge on any atom is 0.226 e. The number of hydrogen-bond acceptors (Lipinski definition) is 5. The molecule has 38 heavy (non-hydrogen) atoms. The lowest BCUT2D eigenvalue weighted by Crippen LogP contribution is -2.19. The number of nitrogens with one attached hydrogen (secondary N) is 1. The zero-order chi connectivity index (χ0) is 25.7. The molecule has 0 spiro atoms. The van der Waals surface area contributed by atoms with Gasteiger partial charge in [0.2, 0.25) is 11.8 Å². The predicted molar refractivity (Wildman–Crippen MR) is 151 cm³/mol. The normalized spacial score (nSPS) is 13.3. The van der Waals surface area contributed by atoms with E-state index in [1.165, 1.54) is 11.1 Å². The zero-order valence-corrected chi connectivity index (χ0v) is 21.4. The molecule has 0 radical (unpaired) electrons. The van der Waals surface area contributed by atoms with E-state index in [-0.39, 0.29) is 0 Å². The van der Waals surface area contributed by atoms with E-state index in [2.05, 4.69) is 29.6 Å². The van der Waals surface area contributed by atoms with Crippen molar-refractivity contribution in [2.45, 2.75) is 19.6 Å². The molecule has 1 aliphatic heterocycles. The first-order valence-electron chi connectivity index (χ1n) is 13.0. The third-order valence-electron chi connectivity index (χ3n) is 6.82. The number of pyridine rings is 1. The SMILES string of the molecule is Cn1nc(-c2ccc(OCc3ccccc3)nc2OCc2ccccc2)c2ccc(C3=CCNCC3)cc21. The van der Waals surface area contributed by atoms with Crippen LogP contribution < -0.4 is 14.8 Å². The lowest BCUT2D eigenvalue weighted by Gasteiger charge is -2.14. The summed E-state index contributed by atoms with van der Waals surface area (Å²) in [5.41, 5.74) is 7.54. The van der Waals surface area contributed by atoms with Gasteiger partial charge in [-0.2, -0.15) is 10.1 Å². The van der Waals surface area contributed by atoms with E-state index in [0.29, 0.717) is 25.0 Å². The van der Waals surface area contributed by atoms with Gasteiger partial charge in [-0.3, -0.25) is 4.68 Å². The molecule has 6 rings (SSSR count). The van der Waals surface area contributed by atoms with Crippen molar-refractivity contribution in [1.29, 1.82) is 0 Å². The molecule has 0 saturated carbocycles. The average Bonchev–Trinajstić information content (AvgIpc) is 3.32. The van der Waals surface area contributed by atoms with Crippen molar-refractivity contribution in [2.75, 3.05) is 13.1 Å². The van der Waals surface area contributed by atoms with Gasteiger partial charge in [-0.15, -0.1) is 0 Å². The zero-order valence-electron chi connectivity index (χ0n) is 21.4. The summed E-state index contributed by atoms with van der Waals surface area (Å²) < 4.78 is 14.3. The predicted octanol–water partition coefficient (Wildman–Crippen LogP) is 6.17. The molecule has 5 aromatic rings. The van der Waals surface area contributed by atoms with Crippen LogP contribution in [-0.4, -0.2) is 27.9 Å². The molecule has 1 aliphatic rings. The number of aromatic nitrogens is 3. The van der Waals surface area contributed by atoms with Crippen LogP contribution in [-0.2, 0) is 20.3 Å². The van der Waals surface area contributed by atoms with E-state index in [9.17, 15) is 0 Å². The Labute approximate surface area is 222 Å². The van der Waals surface area contributed by atoms with E-state index < -0.39 is 0 Å². The molecular weight excluding hydrogens is 472 g/mol. The Morgan fingerprint density at radius 2 is 1.58 bits per heavy atom. The highest BCUT2D eigenvalue weighted by Gasteiger charge is 2.19. The van der Waals surface area contributed by atoms with E-state index in [4.69, 9.17) is 19.6 Å². The summed E-state index contributed by atoms with van der Waals surface area (Å²) in [6.45, 7) is 2.76. The van der Waals surface area contributed by atoms with Gasteiger partial charge in [0.15, 0.2) is 0 Å². The number of rotatable bonds is 8. The molecule has 6 nitrogen and oxygen atoms in total. The lowest BCUT2D eigenvalue weighted by atomic mass is 9.98. The molecule has 6 heteroatoms. The Kier molecular flexibility index (Phi) is 6.87.